The Hall–Kier alpha value is -2.84. The van der Waals surface area contributed by atoms with Crippen LogP contribution in [0.5, 0.6) is 0 Å². The highest BCUT2D eigenvalue weighted by molar-refractivity contribution is 7.89. The molecule has 0 spiro atoms. The quantitative estimate of drug-likeness (QED) is 0.529. The maximum absolute atomic E-state index is 12.9. The normalized spacial score (nSPS) is 15.5. The van der Waals surface area contributed by atoms with E-state index in [2.05, 4.69) is 16.1 Å². The lowest BCUT2D eigenvalue weighted by Gasteiger charge is -2.33. The van der Waals surface area contributed by atoms with E-state index in [4.69, 9.17) is 21.9 Å². The summed E-state index contributed by atoms with van der Waals surface area (Å²) in [4.78, 5) is 2.57. The number of piperazine rings is 1. The predicted octanol–water partition coefficient (Wildman–Crippen LogP) is 3.33. The summed E-state index contributed by atoms with van der Waals surface area (Å²) in [6.45, 7) is 6.28. The Bertz CT molecular complexity index is 1310. The molecule has 0 saturated carbocycles. The van der Waals surface area contributed by atoms with Gasteiger partial charge in [-0.25, -0.2) is 13.1 Å². The SMILES string of the molecule is Cc1cc(C)cc(-c2nn(CN3CCN(S(=O)(=O)c4ccc(C#N)cc4)CC3)c(=S)o2)c1. The maximum atomic E-state index is 12.9. The molecule has 32 heavy (non-hydrogen) atoms. The molecular weight excluding hydrogens is 446 g/mol. The third kappa shape index (κ3) is 4.66. The van der Waals surface area contributed by atoms with E-state index < -0.39 is 10.0 Å². The van der Waals surface area contributed by atoms with E-state index in [1.54, 1.807) is 4.68 Å². The van der Waals surface area contributed by atoms with Crippen molar-refractivity contribution in [1.82, 2.24) is 19.0 Å². The zero-order valence-corrected chi connectivity index (χ0v) is 19.5. The van der Waals surface area contributed by atoms with E-state index >= 15 is 0 Å². The molecule has 3 aromatic rings. The third-order valence-corrected chi connectivity index (χ3v) is 7.57. The van der Waals surface area contributed by atoms with Crippen molar-refractivity contribution in [3.8, 4) is 17.5 Å². The van der Waals surface area contributed by atoms with Crippen LogP contribution in [0.2, 0.25) is 0 Å². The average Bonchev–Trinajstić information content (AvgIpc) is 3.14. The predicted molar refractivity (Wildman–Crippen MR) is 122 cm³/mol. The summed E-state index contributed by atoms with van der Waals surface area (Å²) in [5.74, 6) is 0.476. The Labute approximate surface area is 192 Å². The smallest absolute Gasteiger partial charge is 0.288 e. The second-order valence-electron chi connectivity index (χ2n) is 7.85. The number of nitriles is 1. The van der Waals surface area contributed by atoms with Gasteiger partial charge in [0.15, 0.2) is 0 Å². The van der Waals surface area contributed by atoms with Crippen molar-refractivity contribution in [1.29, 1.82) is 5.26 Å². The monoisotopic (exact) mass is 469 g/mol. The summed E-state index contributed by atoms with van der Waals surface area (Å²) in [6, 6.07) is 14.1. The van der Waals surface area contributed by atoms with Gasteiger partial charge in [0.25, 0.3) is 4.84 Å². The molecule has 0 amide bonds. The Kier molecular flexibility index (Phi) is 6.26. The van der Waals surface area contributed by atoms with Crippen LogP contribution < -0.4 is 0 Å². The number of benzene rings is 2. The molecule has 2 heterocycles. The standard InChI is InChI=1S/C22H23N5O3S2/c1-16-11-17(2)13-19(12-16)21-24-27(22(31)30-21)15-25-7-9-26(10-8-25)32(28,29)20-5-3-18(14-23)4-6-20/h3-6,11-13H,7-10,15H2,1-2H3. The number of rotatable bonds is 5. The number of hydrogen-bond donors (Lipinski definition) is 0. The first-order chi connectivity index (χ1) is 15.3. The fraction of sp³-hybridized carbons (Fsp3) is 0.318. The van der Waals surface area contributed by atoms with Crippen molar-refractivity contribution in [2.24, 2.45) is 0 Å². The Morgan fingerprint density at radius 1 is 1.06 bits per heavy atom. The Balaban J connectivity index is 1.42. The number of sulfonamides is 1. The van der Waals surface area contributed by atoms with Crippen molar-refractivity contribution in [3.05, 3.63) is 64.0 Å². The second-order valence-corrected chi connectivity index (χ2v) is 10.1. The fourth-order valence-corrected chi connectivity index (χ4v) is 5.36. The zero-order chi connectivity index (χ0) is 22.9. The van der Waals surface area contributed by atoms with Crippen LogP contribution in [0.1, 0.15) is 16.7 Å². The lowest BCUT2D eigenvalue weighted by atomic mass is 10.1. The van der Waals surface area contributed by atoms with Crippen LogP contribution >= 0.6 is 12.2 Å². The molecule has 0 N–H and O–H groups in total. The van der Waals surface area contributed by atoms with Gasteiger partial charge in [0, 0.05) is 31.7 Å². The summed E-state index contributed by atoms with van der Waals surface area (Å²) in [7, 11) is -3.60. The summed E-state index contributed by atoms with van der Waals surface area (Å²) in [6.07, 6.45) is 0. The van der Waals surface area contributed by atoms with Gasteiger partial charge in [0.2, 0.25) is 15.9 Å². The van der Waals surface area contributed by atoms with E-state index in [0.29, 0.717) is 44.3 Å². The average molecular weight is 470 g/mol. The van der Waals surface area contributed by atoms with Crippen molar-refractivity contribution in [3.63, 3.8) is 0 Å². The minimum atomic E-state index is -3.60. The minimum absolute atomic E-state index is 0.196. The van der Waals surface area contributed by atoms with Gasteiger partial charge in [-0.3, -0.25) is 4.90 Å². The number of nitrogens with zero attached hydrogens (tertiary/aromatic N) is 5. The van der Waals surface area contributed by atoms with E-state index in [1.807, 2.05) is 32.0 Å². The van der Waals surface area contributed by atoms with Crippen LogP contribution in [0.25, 0.3) is 11.5 Å². The van der Waals surface area contributed by atoms with Gasteiger partial charge in [0.1, 0.15) is 0 Å². The number of aromatic nitrogens is 2. The van der Waals surface area contributed by atoms with Crippen LogP contribution in [0, 0.1) is 30.0 Å². The van der Waals surface area contributed by atoms with Crippen LogP contribution in [0.15, 0.2) is 51.8 Å². The highest BCUT2D eigenvalue weighted by Gasteiger charge is 2.28. The van der Waals surface area contributed by atoms with Gasteiger partial charge in [-0.2, -0.15) is 9.57 Å². The van der Waals surface area contributed by atoms with Crippen molar-refractivity contribution < 1.29 is 12.8 Å². The topological polar surface area (TPSA) is 95.4 Å². The molecule has 10 heteroatoms. The first-order valence-corrected chi connectivity index (χ1v) is 12.0. The largest absolute Gasteiger partial charge is 0.409 e. The number of aryl methyl sites for hydroxylation is 2. The molecule has 166 valence electrons. The molecular formula is C22H23N5O3S2. The first kappa shape index (κ1) is 22.4. The van der Waals surface area contributed by atoms with Gasteiger partial charge >= 0.3 is 0 Å². The molecule has 4 rings (SSSR count). The van der Waals surface area contributed by atoms with Crippen molar-refractivity contribution in [2.75, 3.05) is 26.2 Å². The van der Waals surface area contributed by atoms with E-state index in [-0.39, 0.29) is 9.73 Å². The third-order valence-electron chi connectivity index (χ3n) is 5.36. The van der Waals surface area contributed by atoms with Gasteiger partial charge in [-0.15, -0.1) is 5.10 Å². The molecule has 1 fully saturated rings. The van der Waals surface area contributed by atoms with Gasteiger partial charge in [-0.1, -0.05) is 17.2 Å². The van der Waals surface area contributed by atoms with Crippen LogP contribution in [0.3, 0.4) is 0 Å². The molecule has 0 aliphatic carbocycles. The molecule has 0 radical (unpaired) electrons. The lowest BCUT2D eigenvalue weighted by molar-refractivity contribution is 0.143. The molecule has 1 aliphatic rings. The molecule has 0 bridgehead atoms. The van der Waals surface area contributed by atoms with Crippen molar-refractivity contribution >= 4 is 22.2 Å². The fourth-order valence-electron chi connectivity index (χ4n) is 3.76. The van der Waals surface area contributed by atoms with Gasteiger partial charge < -0.3 is 4.42 Å². The maximum Gasteiger partial charge on any atom is 0.288 e. The van der Waals surface area contributed by atoms with E-state index in [0.717, 1.165) is 16.7 Å². The summed E-state index contributed by atoms with van der Waals surface area (Å²) in [5.41, 5.74) is 3.55. The van der Waals surface area contributed by atoms with E-state index in [9.17, 15) is 8.42 Å². The number of hydrogen-bond acceptors (Lipinski definition) is 7. The molecule has 1 aromatic heterocycles. The molecule has 2 aromatic carbocycles. The molecule has 1 saturated heterocycles. The second kappa shape index (κ2) is 8.96. The zero-order valence-electron chi connectivity index (χ0n) is 17.9. The summed E-state index contributed by atoms with van der Waals surface area (Å²) >= 11 is 5.35. The van der Waals surface area contributed by atoms with Crippen LogP contribution in [-0.4, -0.2) is 53.6 Å². The Morgan fingerprint density at radius 3 is 2.28 bits per heavy atom. The highest BCUT2D eigenvalue weighted by Crippen LogP contribution is 2.22. The molecule has 8 nitrogen and oxygen atoms in total. The molecule has 0 unspecified atom stereocenters. The summed E-state index contributed by atoms with van der Waals surface area (Å²) < 4.78 is 34.6. The van der Waals surface area contributed by atoms with Crippen LogP contribution in [-0.2, 0) is 16.7 Å². The molecule has 0 atom stereocenters. The highest BCUT2D eigenvalue weighted by atomic mass is 32.2. The molecule has 1 aliphatic heterocycles. The first-order valence-electron chi connectivity index (χ1n) is 10.2. The lowest BCUT2D eigenvalue weighted by Crippen LogP contribution is -2.48. The van der Waals surface area contributed by atoms with E-state index in [1.165, 1.54) is 28.6 Å². The minimum Gasteiger partial charge on any atom is -0.409 e. The summed E-state index contributed by atoms with van der Waals surface area (Å²) in [5, 5.41) is 13.4. The van der Waals surface area contributed by atoms with Gasteiger partial charge in [0.05, 0.1) is 23.2 Å². The van der Waals surface area contributed by atoms with Crippen LogP contribution in [0.4, 0.5) is 0 Å². The Morgan fingerprint density at radius 2 is 1.69 bits per heavy atom. The van der Waals surface area contributed by atoms with Gasteiger partial charge in [-0.05, 0) is 62.5 Å². The van der Waals surface area contributed by atoms with Crippen molar-refractivity contribution in [2.45, 2.75) is 25.4 Å².